The Bertz CT molecular complexity index is 835. The molecular weight excluding hydrogens is 459 g/mol. The maximum Gasteiger partial charge on any atom is 0.490 e. The summed E-state index contributed by atoms with van der Waals surface area (Å²) >= 11 is 0. The molecular formula is C22H30F3N3O6. The topological polar surface area (TPSA) is 125 Å². The van der Waals surface area contributed by atoms with Crippen molar-refractivity contribution in [2.45, 2.75) is 32.9 Å². The van der Waals surface area contributed by atoms with Gasteiger partial charge in [-0.05, 0) is 37.1 Å². The number of benzene rings is 1. The maximum absolute atomic E-state index is 12.7. The van der Waals surface area contributed by atoms with Crippen molar-refractivity contribution in [2.75, 3.05) is 38.7 Å². The Kier molecular flexibility index (Phi) is 11.5. The Morgan fingerprint density at radius 3 is 2.09 bits per heavy atom. The molecule has 12 heteroatoms. The van der Waals surface area contributed by atoms with Crippen LogP contribution in [0.1, 0.15) is 37.0 Å². The molecule has 1 fully saturated rings. The zero-order chi connectivity index (χ0) is 25.9. The van der Waals surface area contributed by atoms with Crippen molar-refractivity contribution in [2.24, 2.45) is 11.8 Å². The number of aliphatic carboxylic acids is 1. The molecule has 1 saturated heterocycles. The third-order valence-corrected chi connectivity index (χ3v) is 4.92. The minimum atomic E-state index is -5.08. The third kappa shape index (κ3) is 9.77. The summed E-state index contributed by atoms with van der Waals surface area (Å²) in [6.07, 6.45) is -3.76. The summed E-state index contributed by atoms with van der Waals surface area (Å²) in [5, 5.41) is 12.8. The first-order valence-electron chi connectivity index (χ1n) is 10.6. The number of ether oxygens (including phenoxy) is 1. The van der Waals surface area contributed by atoms with E-state index in [2.05, 4.69) is 10.6 Å². The highest BCUT2D eigenvalue weighted by atomic mass is 19.4. The fraction of sp³-hybridized carbons (Fsp3) is 0.545. The average molecular weight is 489 g/mol. The second-order valence-corrected chi connectivity index (χ2v) is 7.87. The van der Waals surface area contributed by atoms with Gasteiger partial charge >= 0.3 is 12.1 Å². The number of rotatable bonds is 7. The van der Waals surface area contributed by atoms with Gasteiger partial charge in [-0.2, -0.15) is 13.2 Å². The molecule has 0 spiro atoms. The van der Waals surface area contributed by atoms with Crippen LogP contribution in [-0.4, -0.2) is 73.2 Å². The van der Waals surface area contributed by atoms with E-state index in [1.807, 2.05) is 13.8 Å². The molecule has 3 N–H and O–H groups in total. The predicted octanol–water partition coefficient (Wildman–Crippen LogP) is 2.53. The summed E-state index contributed by atoms with van der Waals surface area (Å²) in [5.41, 5.74) is 1.26. The van der Waals surface area contributed by atoms with E-state index in [0.29, 0.717) is 50.3 Å². The lowest BCUT2D eigenvalue weighted by atomic mass is 9.95. The number of piperidine rings is 1. The molecule has 0 radical (unpaired) electrons. The molecule has 0 saturated carbocycles. The predicted molar refractivity (Wildman–Crippen MR) is 117 cm³/mol. The number of halogens is 3. The van der Waals surface area contributed by atoms with Crippen LogP contribution in [-0.2, 0) is 19.1 Å². The van der Waals surface area contributed by atoms with Crippen LogP contribution in [0.3, 0.4) is 0 Å². The number of carbonyl (C=O) groups is 4. The Labute approximate surface area is 195 Å². The van der Waals surface area contributed by atoms with E-state index in [4.69, 9.17) is 14.6 Å². The Morgan fingerprint density at radius 1 is 1.12 bits per heavy atom. The number of carboxylic acids is 1. The quantitative estimate of drug-likeness (QED) is 0.506. The van der Waals surface area contributed by atoms with Crippen LogP contribution in [0.4, 0.5) is 18.9 Å². The summed E-state index contributed by atoms with van der Waals surface area (Å²) in [6, 6.07) is 6.93. The van der Waals surface area contributed by atoms with E-state index in [0.717, 1.165) is 0 Å². The Morgan fingerprint density at radius 2 is 1.65 bits per heavy atom. The van der Waals surface area contributed by atoms with Gasteiger partial charge in [0.15, 0.2) is 0 Å². The van der Waals surface area contributed by atoms with Crippen molar-refractivity contribution in [3.63, 3.8) is 0 Å². The minimum absolute atomic E-state index is 0.0318. The van der Waals surface area contributed by atoms with Crippen LogP contribution >= 0.6 is 0 Å². The van der Waals surface area contributed by atoms with Gasteiger partial charge in [0.05, 0.1) is 6.61 Å². The van der Waals surface area contributed by atoms with E-state index in [-0.39, 0.29) is 29.6 Å². The number of carbonyl (C=O) groups excluding carboxylic acids is 3. The molecule has 0 aromatic heterocycles. The first kappa shape index (κ1) is 28.9. The average Bonchev–Trinajstić information content (AvgIpc) is 2.79. The van der Waals surface area contributed by atoms with Gasteiger partial charge in [0.1, 0.15) is 0 Å². The van der Waals surface area contributed by atoms with Crippen LogP contribution in [0.2, 0.25) is 0 Å². The van der Waals surface area contributed by atoms with Crippen molar-refractivity contribution in [1.29, 1.82) is 0 Å². The number of nitrogens with zero attached hydrogens (tertiary/aromatic N) is 1. The standard InChI is InChI=1S/C20H29N3O4.C2HF3O2/c1-14(2)18(24)22-17-6-4-16(5-7-17)20(26)23-11-8-15(9-12-23)19(25)21-10-13-27-3;3-2(4,5)1(6)7/h4-7,14-15H,8-13H2,1-3H3,(H,21,25)(H,22,24);(H,6,7). The largest absolute Gasteiger partial charge is 0.490 e. The number of methoxy groups -OCH3 is 1. The number of hydrogen-bond donors (Lipinski definition) is 3. The molecule has 1 aliphatic rings. The van der Waals surface area contributed by atoms with Crippen LogP contribution in [0, 0.1) is 11.8 Å². The molecule has 1 heterocycles. The number of alkyl halides is 3. The maximum atomic E-state index is 12.7. The molecule has 34 heavy (non-hydrogen) atoms. The Hall–Kier alpha value is -3.15. The van der Waals surface area contributed by atoms with Crippen molar-refractivity contribution in [3.05, 3.63) is 29.8 Å². The van der Waals surface area contributed by atoms with Crippen molar-refractivity contribution >= 4 is 29.4 Å². The van der Waals surface area contributed by atoms with Crippen LogP contribution in [0.15, 0.2) is 24.3 Å². The highest BCUT2D eigenvalue weighted by molar-refractivity contribution is 5.96. The van der Waals surface area contributed by atoms with Crippen molar-refractivity contribution in [3.8, 4) is 0 Å². The van der Waals surface area contributed by atoms with Crippen LogP contribution < -0.4 is 10.6 Å². The zero-order valence-electron chi connectivity index (χ0n) is 19.3. The zero-order valence-corrected chi connectivity index (χ0v) is 19.3. The monoisotopic (exact) mass is 489 g/mol. The van der Waals surface area contributed by atoms with E-state index in [9.17, 15) is 27.6 Å². The van der Waals surface area contributed by atoms with Gasteiger partial charge in [-0.3, -0.25) is 14.4 Å². The van der Waals surface area contributed by atoms with E-state index < -0.39 is 12.1 Å². The number of carboxylic acid groups (broad SMARTS) is 1. The Balaban J connectivity index is 0.000000718. The molecule has 9 nitrogen and oxygen atoms in total. The molecule has 0 bridgehead atoms. The number of anilines is 1. The minimum Gasteiger partial charge on any atom is -0.475 e. The number of nitrogens with one attached hydrogen (secondary N) is 2. The van der Waals surface area contributed by atoms with Crippen molar-refractivity contribution in [1.82, 2.24) is 10.2 Å². The normalized spacial score (nSPS) is 14.1. The summed E-state index contributed by atoms with van der Waals surface area (Å²) in [7, 11) is 1.60. The summed E-state index contributed by atoms with van der Waals surface area (Å²) in [4.78, 5) is 47.1. The smallest absolute Gasteiger partial charge is 0.475 e. The molecule has 0 atom stereocenters. The van der Waals surface area contributed by atoms with E-state index in [1.54, 1.807) is 36.3 Å². The fourth-order valence-corrected chi connectivity index (χ4v) is 2.93. The SMILES string of the molecule is COCCNC(=O)C1CCN(C(=O)c2ccc(NC(=O)C(C)C)cc2)CC1.O=C(O)C(F)(F)F. The van der Waals surface area contributed by atoms with Gasteiger partial charge in [-0.25, -0.2) is 4.79 Å². The van der Waals surface area contributed by atoms with Crippen LogP contribution in [0.5, 0.6) is 0 Å². The molecule has 2 rings (SSSR count). The molecule has 0 unspecified atom stereocenters. The second kappa shape index (κ2) is 13.5. The summed E-state index contributed by atoms with van der Waals surface area (Å²) in [5.74, 6) is -2.98. The molecule has 0 aliphatic carbocycles. The molecule has 1 aromatic carbocycles. The summed E-state index contributed by atoms with van der Waals surface area (Å²) < 4.78 is 36.7. The highest BCUT2D eigenvalue weighted by Gasteiger charge is 2.38. The van der Waals surface area contributed by atoms with Gasteiger partial charge in [-0.15, -0.1) is 0 Å². The lowest BCUT2D eigenvalue weighted by molar-refractivity contribution is -0.192. The van der Waals surface area contributed by atoms with Gasteiger partial charge in [0.2, 0.25) is 11.8 Å². The lowest BCUT2D eigenvalue weighted by Crippen LogP contribution is -2.43. The van der Waals surface area contributed by atoms with Gasteiger partial charge < -0.3 is 25.4 Å². The lowest BCUT2D eigenvalue weighted by Gasteiger charge is -2.31. The number of amides is 3. The molecule has 1 aromatic rings. The van der Waals surface area contributed by atoms with Gasteiger partial charge in [0, 0.05) is 49.8 Å². The number of likely N-dealkylation sites (tertiary alicyclic amines) is 1. The molecule has 1 aliphatic heterocycles. The van der Waals surface area contributed by atoms with E-state index >= 15 is 0 Å². The summed E-state index contributed by atoms with van der Waals surface area (Å²) in [6.45, 7) is 5.79. The van der Waals surface area contributed by atoms with Crippen molar-refractivity contribution < 1.29 is 42.2 Å². The third-order valence-electron chi connectivity index (χ3n) is 4.92. The fourth-order valence-electron chi connectivity index (χ4n) is 2.93. The number of hydrogen-bond acceptors (Lipinski definition) is 5. The van der Waals surface area contributed by atoms with Crippen LogP contribution in [0.25, 0.3) is 0 Å². The molecule has 190 valence electrons. The first-order valence-corrected chi connectivity index (χ1v) is 10.6. The molecule has 3 amide bonds. The van der Waals surface area contributed by atoms with E-state index in [1.165, 1.54) is 0 Å². The second-order valence-electron chi connectivity index (χ2n) is 7.87. The van der Waals surface area contributed by atoms with Gasteiger partial charge in [0.25, 0.3) is 5.91 Å². The first-order chi connectivity index (χ1) is 15.9. The van der Waals surface area contributed by atoms with Gasteiger partial charge in [-0.1, -0.05) is 13.8 Å². The highest BCUT2D eigenvalue weighted by Crippen LogP contribution is 2.20.